The Balaban J connectivity index is 1.41. The van der Waals surface area contributed by atoms with Crippen molar-refractivity contribution in [2.45, 2.75) is 44.6 Å². The third kappa shape index (κ3) is 8.66. The van der Waals surface area contributed by atoms with E-state index < -0.39 is 0 Å². The molecule has 1 heterocycles. The second kappa shape index (κ2) is 13.3. The van der Waals surface area contributed by atoms with Crippen LogP contribution in [-0.4, -0.2) is 24.1 Å². The molecule has 5 nitrogen and oxygen atoms in total. The fraction of sp³-hybridized carbons (Fsp3) is 0.296. The number of thiophene rings is 1. The van der Waals surface area contributed by atoms with E-state index >= 15 is 0 Å². The molecule has 2 N–H and O–H groups in total. The van der Waals surface area contributed by atoms with Crippen molar-refractivity contribution in [3.63, 3.8) is 0 Å². The first-order valence-electron chi connectivity index (χ1n) is 11.3. The van der Waals surface area contributed by atoms with E-state index in [2.05, 4.69) is 22.8 Å². The van der Waals surface area contributed by atoms with E-state index in [1.807, 2.05) is 60.0 Å². The lowest BCUT2D eigenvalue weighted by Crippen LogP contribution is -2.33. The summed E-state index contributed by atoms with van der Waals surface area (Å²) in [5.74, 6) is -0.340. The molecule has 3 aromatic rings. The molecule has 6 heteroatoms. The highest BCUT2D eigenvalue weighted by atomic mass is 32.1. The molecule has 0 fully saturated rings. The summed E-state index contributed by atoms with van der Waals surface area (Å²) in [4.78, 5) is 37.2. The third-order valence-electron chi connectivity index (χ3n) is 5.39. The lowest BCUT2D eigenvalue weighted by atomic mass is 9.99. The van der Waals surface area contributed by atoms with Crippen LogP contribution in [0.1, 0.15) is 58.9 Å². The summed E-state index contributed by atoms with van der Waals surface area (Å²) in [6.45, 7) is 0.253. The highest BCUT2D eigenvalue weighted by Gasteiger charge is 2.15. The van der Waals surface area contributed by atoms with Crippen LogP contribution in [0.2, 0.25) is 0 Å². The Labute approximate surface area is 199 Å². The van der Waals surface area contributed by atoms with Crippen LogP contribution in [0, 0.1) is 0 Å². The number of benzene rings is 2. The summed E-state index contributed by atoms with van der Waals surface area (Å²) in [6, 6.07) is 23.8. The second-order valence-electron chi connectivity index (χ2n) is 7.91. The fourth-order valence-electron chi connectivity index (χ4n) is 3.62. The summed E-state index contributed by atoms with van der Waals surface area (Å²) in [7, 11) is 0. The molecule has 3 rings (SSSR count). The van der Waals surface area contributed by atoms with Crippen LogP contribution >= 0.6 is 11.3 Å². The summed E-state index contributed by atoms with van der Waals surface area (Å²) < 4.78 is 0. The van der Waals surface area contributed by atoms with Crippen molar-refractivity contribution in [1.82, 2.24) is 10.6 Å². The largest absolute Gasteiger partial charge is 0.356 e. The zero-order valence-corrected chi connectivity index (χ0v) is 19.5. The average molecular weight is 463 g/mol. The quantitative estimate of drug-likeness (QED) is 0.347. The van der Waals surface area contributed by atoms with Crippen molar-refractivity contribution >= 4 is 28.9 Å². The van der Waals surface area contributed by atoms with Crippen LogP contribution in [0.4, 0.5) is 0 Å². The predicted molar refractivity (Wildman–Crippen MR) is 132 cm³/mol. The van der Waals surface area contributed by atoms with Crippen LogP contribution < -0.4 is 10.6 Å². The molecule has 0 spiro atoms. The number of nitrogens with one attached hydrogen (secondary N) is 2. The van der Waals surface area contributed by atoms with Gasteiger partial charge in [-0.15, -0.1) is 11.3 Å². The molecule has 0 aliphatic carbocycles. The van der Waals surface area contributed by atoms with E-state index in [9.17, 15) is 14.4 Å². The number of carbonyl (C=O) groups excluding carboxylic acids is 3. The maximum atomic E-state index is 12.5. The Hall–Kier alpha value is -3.25. The van der Waals surface area contributed by atoms with Gasteiger partial charge < -0.3 is 10.6 Å². The molecular formula is C27H30N2O3S. The SMILES string of the molecule is O=C(CCC(=O)c1cccs1)NCCC(=O)NC(CCCc1ccccc1)c1ccccc1. The zero-order chi connectivity index (χ0) is 23.3. The molecule has 172 valence electrons. The third-order valence-corrected chi connectivity index (χ3v) is 6.30. The predicted octanol–water partition coefficient (Wildman–Crippen LogP) is 5.10. The molecule has 1 aromatic heterocycles. The molecule has 2 amide bonds. The van der Waals surface area contributed by atoms with Gasteiger partial charge in [-0.25, -0.2) is 0 Å². The standard InChI is InChI=1S/C27H30N2O3S/c30-24(25-15-8-20-33-25)16-17-26(31)28-19-18-27(32)29-23(22-12-5-2-6-13-22)14-7-11-21-9-3-1-4-10-21/h1-6,8-10,12-13,15,20,23H,7,11,14,16-19H2,(H,28,31)(H,29,32). The van der Waals surface area contributed by atoms with Gasteiger partial charge in [0.1, 0.15) is 0 Å². The van der Waals surface area contributed by atoms with E-state index in [1.54, 1.807) is 6.07 Å². The number of aryl methyl sites for hydroxylation is 1. The minimum Gasteiger partial charge on any atom is -0.356 e. The maximum Gasteiger partial charge on any atom is 0.222 e. The Morgan fingerprint density at radius 1 is 0.788 bits per heavy atom. The number of rotatable bonds is 13. The summed E-state index contributed by atoms with van der Waals surface area (Å²) in [5, 5.41) is 7.71. The molecule has 2 aromatic carbocycles. The molecule has 33 heavy (non-hydrogen) atoms. The minimum absolute atomic E-state index is 0.0286. The number of hydrogen-bond acceptors (Lipinski definition) is 4. The summed E-state index contributed by atoms with van der Waals surface area (Å²) in [5.41, 5.74) is 2.37. The van der Waals surface area contributed by atoms with Gasteiger partial charge in [0.25, 0.3) is 0 Å². The summed E-state index contributed by atoms with van der Waals surface area (Å²) >= 11 is 1.38. The van der Waals surface area contributed by atoms with E-state index in [0.717, 1.165) is 24.8 Å². The topological polar surface area (TPSA) is 75.3 Å². The normalized spacial score (nSPS) is 11.5. The molecule has 0 aliphatic rings. The molecule has 0 aliphatic heterocycles. The van der Waals surface area contributed by atoms with E-state index in [4.69, 9.17) is 0 Å². The van der Waals surface area contributed by atoms with Crippen molar-refractivity contribution in [2.75, 3.05) is 6.54 Å². The monoisotopic (exact) mass is 462 g/mol. The Morgan fingerprint density at radius 3 is 2.21 bits per heavy atom. The number of Topliss-reactive ketones (excluding diaryl/α,β-unsaturated/α-hetero) is 1. The van der Waals surface area contributed by atoms with Gasteiger partial charge in [0.15, 0.2) is 5.78 Å². The second-order valence-corrected chi connectivity index (χ2v) is 8.86. The summed E-state index contributed by atoms with van der Waals surface area (Å²) in [6.07, 6.45) is 3.26. The first-order valence-corrected chi connectivity index (χ1v) is 12.2. The highest BCUT2D eigenvalue weighted by molar-refractivity contribution is 7.12. The average Bonchev–Trinajstić information content (AvgIpc) is 3.38. The van der Waals surface area contributed by atoms with Crippen molar-refractivity contribution in [3.8, 4) is 0 Å². The van der Waals surface area contributed by atoms with E-state index in [1.165, 1.54) is 16.9 Å². The molecule has 0 saturated carbocycles. The molecule has 0 bridgehead atoms. The number of amides is 2. The Bertz CT molecular complexity index is 1000. The van der Waals surface area contributed by atoms with Gasteiger partial charge in [0.2, 0.25) is 11.8 Å². The first-order chi connectivity index (χ1) is 16.1. The Morgan fingerprint density at radius 2 is 1.52 bits per heavy atom. The fourth-order valence-corrected chi connectivity index (χ4v) is 4.31. The molecule has 0 radical (unpaired) electrons. The zero-order valence-electron chi connectivity index (χ0n) is 18.7. The van der Waals surface area contributed by atoms with Gasteiger partial charge in [0, 0.05) is 25.8 Å². The van der Waals surface area contributed by atoms with Gasteiger partial charge in [-0.05, 0) is 41.8 Å². The van der Waals surface area contributed by atoms with E-state index in [-0.39, 0.29) is 49.4 Å². The molecular weight excluding hydrogens is 432 g/mol. The highest BCUT2D eigenvalue weighted by Crippen LogP contribution is 2.20. The number of ketones is 1. The smallest absolute Gasteiger partial charge is 0.222 e. The molecule has 0 saturated heterocycles. The van der Waals surface area contributed by atoms with Crippen LogP contribution in [0.25, 0.3) is 0 Å². The van der Waals surface area contributed by atoms with Gasteiger partial charge in [-0.3, -0.25) is 14.4 Å². The lowest BCUT2D eigenvalue weighted by Gasteiger charge is -2.19. The van der Waals surface area contributed by atoms with Gasteiger partial charge in [0.05, 0.1) is 10.9 Å². The minimum atomic E-state index is -0.213. The van der Waals surface area contributed by atoms with Crippen LogP contribution in [0.3, 0.4) is 0 Å². The maximum absolute atomic E-state index is 12.5. The van der Waals surface area contributed by atoms with E-state index in [0.29, 0.717) is 4.88 Å². The van der Waals surface area contributed by atoms with Crippen molar-refractivity contribution < 1.29 is 14.4 Å². The van der Waals surface area contributed by atoms with Crippen LogP contribution in [0.5, 0.6) is 0 Å². The molecule has 1 atom stereocenters. The van der Waals surface area contributed by atoms with Gasteiger partial charge in [-0.2, -0.15) is 0 Å². The van der Waals surface area contributed by atoms with Crippen LogP contribution in [-0.2, 0) is 16.0 Å². The first kappa shape index (κ1) is 24.4. The number of carbonyl (C=O) groups is 3. The van der Waals surface area contributed by atoms with Crippen molar-refractivity contribution in [3.05, 3.63) is 94.2 Å². The van der Waals surface area contributed by atoms with Crippen LogP contribution in [0.15, 0.2) is 78.2 Å². The number of hydrogen-bond donors (Lipinski definition) is 2. The van der Waals surface area contributed by atoms with Crippen molar-refractivity contribution in [2.24, 2.45) is 0 Å². The molecule has 1 unspecified atom stereocenters. The van der Waals surface area contributed by atoms with Gasteiger partial charge in [-0.1, -0.05) is 66.7 Å². The Kier molecular flexibility index (Phi) is 9.86. The van der Waals surface area contributed by atoms with Crippen molar-refractivity contribution in [1.29, 1.82) is 0 Å². The van der Waals surface area contributed by atoms with Gasteiger partial charge >= 0.3 is 0 Å². The lowest BCUT2D eigenvalue weighted by molar-refractivity contribution is -0.122.